The molecule has 0 spiro atoms. The first-order valence-electron chi connectivity index (χ1n) is 8.20. The van der Waals surface area contributed by atoms with Gasteiger partial charge in [-0.05, 0) is 64.6 Å². The molecule has 2 aliphatic rings. The van der Waals surface area contributed by atoms with Crippen LogP contribution in [0.3, 0.4) is 0 Å². The maximum absolute atomic E-state index is 6.15. The predicted molar refractivity (Wildman–Crippen MR) is 95.9 cm³/mol. The second-order valence-corrected chi connectivity index (χ2v) is 8.20. The molecule has 2 aliphatic heterocycles. The molecule has 0 radical (unpaired) electrons. The Morgan fingerprint density at radius 1 is 1.00 bits per heavy atom. The quantitative estimate of drug-likeness (QED) is 0.745. The number of benzene rings is 1. The molecule has 5 heteroatoms. The van der Waals surface area contributed by atoms with Crippen molar-refractivity contribution in [3.8, 4) is 0 Å². The molecule has 22 heavy (non-hydrogen) atoms. The highest BCUT2D eigenvalue weighted by Crippen LogP contribution is 2.37. The van der Waals surface area contributed by atoms with E-state index in [4.69, 9.17) is 9.31 Å². The summed E-state index contributed by atoms with van der Waals surface area (Å²) in [5, 5.41) is 0. The van der Waals surface area contributed by atoms with Crippen LogP contribution in [0.25, 0.3) is 0 Å². The Kier molecular flexibility index (Phi) is 4.34. The first-order chi connectivity index (χ1) is 10.3. The Bertz CT molecular complexity index is 540. The molecule has 0 atom stereocenters. The largest absolute Gasteiger partial charge is 0.495 e. The van der Waals surface area contributed by atoms with Crippen LogP contribution in [-0.2, 0) is 9.31 Å². The smallest absolute Gasteiger partial charge is 0.399 e. The number of hydrogen-bond acceptors (Lipinski definition) is 3. The second kappa shape index (κ2) is 5.84. The minimum absolute atomic E-state index is 0.303. The van der Waals surface area contributed by atoms with E-state index in [1.807, 2.05) is 0 Å². The van der Waals surface area contributed by atoms with E-state index in [2.05, 4.69) is 66.7 Å². The highest BCUT2D eigenvalue weighted by atomic mass is 79.9. The van der Waals surface area contributed by atoms with Crippen molar-refractivity contribution in [2.24, 2.45) is 0 Å². The summed E-state index contributed by atoms with van der Waals surface area (Å²) in [4.78, 5) is 2.46. The second-order valence-electron chi connectivity index (χ2n) is 7.34. The van der Waals surface area contributed by atoms with Crippen LogP contribution < -0.4 is 10.4 Å². The summed E-state index contributed by atoms with van der Waals surface area (Å²) in [6.45, 7) is 10.7. The highest BCUT2D eigenvalue weighted by Gasteiger charge is 2.52. The van der Waals surface area contributed by atoms with Gasteiger partial charge in [-0.1, -0.05) is 22.0 Å². The molecular weight excluding hydrogens is 341 g/mol. The zero-order valence-corrected chi connectivity index (χ0v) is 15.6. The van der Waals surface area contributed by atoms with Gasteiger partial charge in [-0.2, -0.15) is 0 Å². The van der Waals surface area contributed by atoms with Gasteiger partial charge in [0.25, 0.3) is 0 Å². The molecule has 3 nitrogen and oxygen atoms in total. The van der Waals surface area contributed by atoms with Crippen molar-refractivity contribution in [2.75, 3.05) is 18.0 Å². The topological polar surface area (TPSA) is 21.7 Å². The summed E-state index contributed by atoms with van der Waals surface area (Å²) >= 11 is 3.71. The molecule has 0 N–H and O–H groups in total. The van der Waals surface area contributed by atoms with Crippen LogP contribution in [-0.4, -0.2) is 31.4 Å². The number of anilines is 1. The van der Waals surface area contributed by atoms with Gasteiger partial charge in [-0.15, -0.1) is 0 Å². The molecule has 120 valence electrons. The standard InChI is InChI=1S/C17H25BBrNO2/c1-16(2)17(3,4)22-18(21-16)14-9-8-13(12-15(14)19)20-10-6-5-7-11-20/h8-9,12H,5-7,10-11H2,1-4H3. The van der Waals surface area contributed by atoms with Gasteiger partial charge in [0.2, 0.25) is 0 Å². The summed E-state index contributed by atoms with van der Waals surface area (Å²) in [6, 6.07) is 6.53. The minimum atomic E-state index is -0.310. The Labute approximate surface area is 142 Å². The van der Waals surface area contributed by atoms with Crippen molar-refractivity contribution in [3.63, 3.8) is 0 Å². The number of hydrogen-bond donors (Lipinski definition) is 0. The lowest BCUT2D eigenvalue weighted by atomic mass is 9.79. The van der Waals surface area contributed by atoms with Crippen molar-refractivity contribution in [1.82, 2.24) is 0 Å². The summed E-state index contributed by atoms with van der Waals surface area (Å²) in [7, 11) is -0.310. The summed E-state index contributed by atoms with van der Waals surface area (Å²) in [5.74, 6) is 0. The van der Waals surface area contributed by atoms with Crippen LogP contribution >= 0.6 is 15.9 Å². The first kappa shape index (κ1) is 16.3. The maximum atomic E-state index is 6.15. The van der Waals surface area contributed by atoms with Gasteiger partial charge in [-0.25, -0.2) is 0 Å². The SMILES string of the molecule is CC1(C)OB(c2ccc(N3CCCCC3)cc2Br)OC1(C)C. The normalized spacial score (nSPS) is 23.9. The molecule has 0 aliphatic carbocycles. The van der Waals surface area contributed by atoms with E-state index in [0.29, 0.717) is 0 Å². The lowest BCUT2D eigenvalue weighted by Crippen LogP contribution is -2.41. The van der Waals surface area contributed by atoms with Crippen LogP contribution in [0.1, 0.15) is 47.0 Å². The first-order valence-corrected chi connectivity index (χ1v) is 8.99. The van der Waals surface area contributed by atoms with Gasteiger partial charge in [0, 0.05) is 23.2 Å². The van der Waals surface area contributed by atoms with E-state index in [-0.39, 0.29) is 18.3 Å². The van der Waals surface area contributed by atoms with Crippen molar-refractivity contribution < 1.29 is 9.31 Å². The Morgan fingerprint density at radius 3 is 2.14 bits per heavy atom. The molecule has 1 aromatic carbocycles. The zero-order chi connectivity index (χ0) is 16.0. The average Bonchev–Trinajstić information content (AvgIpc) is 2.68. The molecule has 2 saturated heterocycles. The van der Waals surface area contributed by atoms with E-state index in [1.54, 1.807) is 0 Å². The van der Waals surface area contributed by atoms with Crippen molar-refractivity contribution in [1.29, 1.82) is 0 Å². The molecular formula is C17H25BBrNO2. The number of halogens is 1. The molecule has 0 aromatic heterocycles. The highest BCUT2D eigenvalue weighted by molar-refractivity contribution is 9.10. The zero-order valence-electron chi connectivity index (χ0n) is 14.0. The van der Waals surface area contributed by atoms with Crippen LogP contribution in [0.5, 0.6) is 0 Å². The monoisotopic (exact) mass is 365 g/mol. The number of piperidine rings is 1. The van der Waals surface area contributed by atoms with Crippen LogP contribution in [0.2, 0.25) is 0 Å². The predicted octanol–water partition coefficient (Wildman–Crippen LogP) is 3.74. The average molecular weight is 366 g/mol. The summed E-state index contributed by atoms with van der Waals surface area (Å²) < 4.78 is 13.4. The van der Waals surface area contributed by atoms with Gasteiger partial charge in [0.05, 0.1) is 11.2 Å². The third-order valence-corrected chi connectivity index (χ3v) is 5.90. The molecule has 2 fully saturated rings. The van der Waals surface area contributed by atoms with Gasteiger partial charge in [0.15, 0.2) is 0 Å². The minimum Gasteiger partial charge on any atom is -0.399 e. The lowest BCUT2D eigenvalue weighted by Gasteiger charge is -2.32. The fraction of sp³-hybridized carbons (Fsp3) is 0.647. The van der Waals surface area contributed by atoms with Crippen LogP contribution in [0, 0.1) is 0 Å². The third-order valence-electron chi connectivity index (χ3n) is 5.21. The van der Waals surface area contributed by atoms with Crippen molar-refractivity contribution in [2.45, 2.75) is 58.2 Å². The van der Waals surface area contributed by atoms with Gasteiger partial charge in [0.1, 0.15) is 0 Å². The summed E-state index contributed by atoms with van der Waals surface area (Å²) in [6.07, 6.45) is 3.93. The fourth-order valence-electron chi connectivity index (χ4n) is 3.03. The van der Waals surface area contributed by atoms with Crippen molar-refractivity contribution >= 4 is 34.2 Å². The molecule has 0 amide bonds. The van der Waals surface area contributed by atoms with E-state index >= 15 is 0 Å². The van der Waals surface area contributed by atoms with E-state index in [9.17, 15) is 0 Å². The summed E-state index contributed by atoms with van der Waals surface area (Å²) in [5.41, 5.74) is 1.75. The van der Waals surface area contributed by atoms with E-state index in [0.717, 1.165) is 23.0 Å². The van der Waals surface area contributed by atoms with E-state index in [1.165, 1.54) is 24.9 Å². The van der Waals surface area contributed by atoms with Crippen LogP contribution in [0.4, 0.5) is 5.69 Å². The van der Waals surface area contributed by atoms with E-state index < -0.39 is 0 Å². The Balaban J connectivity index is 1.81. The maximum Gasteiger partial charge on any atom is 0.495 e. The molecule has 1 aromatic rings. The van der Waals surface area contributed by atoms with Gasteiger partial charge < -0.3 is 14.2 Å². The molecule has 3 rings (SSSR count). The van der Waals surface area contributed by atoms with Crippen molar-refractivity contribution in [3.05, 3.63) is 22.7 Å². The lowest BCUT2D eigenvalue weighted by molar-refractivity contribution is 0.00578. The van der Waals surface area contributed by atoms with Crippen LogP contribution in [0.15, 0.2) is 22.7 Å². The Morgan fingerprint density at radius 2 is 1.59 bits per heavy atom. The number of rotatable bonds is 2. The fourth-order valence-corrected chi connectivity index (χ4v) is 3.58. The molecule has 0 bridgehead atoms. The molecule has 2 heterocycles. The Hall–Kier alpha value is -0.515. The molecule has 0 unspecified atom stereocenters. The molecule has 0 saturated carbocycles. The van der Waals surface area contributed by atoms with Gasteiger partial charge >= 0.3 is 7.12 Å². The van der Waals surface area contributed by atoms with Gasteiger partial charge in [-0.3, -0.25) is 0 Å². The third kappa shape index (κ3) is 2.95. The number of nitrogens with zero attached hydrogens (tertiary/aromatic N) is 1.